The average molecular weight is 952 g/mol. The van der Waals surface area contributed by atoms with E-state index in [4.69, 9.17) is 9.98 Å². The molecule has 2 rings (SSSR count). The number of aliphatic imine (C=N–C) groups is 2. The minimum Gasteiger partial charge on any atom is -0.299 e. The Balaban J connectivity index is 2.18. The van der Waals surface area contributed by atoms with E-state index in [1.807, 2.05) is 43.3 Å². The van der Waals surface area contributed by atoms with E-state index in [1.165, 1.54) is 154 Å². The second-order valence-corrected chi connectivity index (χ2v) is 20.7. The Morgan fingerprint density at radius 3 is 0.928 bits per heavy atom. The molecular weight excluding hydrogens is 849 g/mol. The maximum absolute atomic E-state index is 13.4. The van der Waals surface area contributed by atoms with E-state index in [9.17, 15) is 19.2 Å². The molecule has 69 heavy (non-hydrogen) atoms. The maximum atomic E-state index is 13.4. The molecule has 0 fully saturated rings. The largest absolute Gasteiger partial charge is 0.299 e. The van der Waals surface area contributed by atoms with E-state index in [1.54, 1.807) is 6.21 Å². The van der Waals surface area contributed by atoms with Crippen LogP contribution >= 0.6 is 0 Å². The molecule has 0 amide bonds. The second kappa shape index (κ2) is 42.2. The lowest BCUT2D eigenvalue weighted by molar-refractivity contribution is -0.119. The van der Waals surface area contributed by atoms with Crippen molar-refractivity contribution in [2.45, 2.75) is 291 Å². The van der Waals surface area contributed by atoms with Gasteiger partial charge in [-0.05, 0) is 79.1 Å². The third-order valence-corrected chi connectivity index (χ3v) is 13.9. The van der Waals surface area contributed by atoms with Gasteiger partial charge in [0.2, 0.25) is 0 Å². The molecule has 6 heteroatoms. The van der Waals surface area contributed by atoms with Gasteiger partial charge in [0, 0.05) is 57.6 Å². The van der Waals surface area contributed by atoms with Crippen molar-refractivity contribution in [1.82, 2.24) is 0 Å². The first-order valence-corrected chi connectivity index (χ1v) is 29.1. The van der Waals surface area contributed by atoms with Gasteiger partial charge in [0.15, 0.2) is 0 Å². The van der Waals surface area contributed by atoms with E-state index < -0.39 is 0 Å². The van der Waals surface area contributed by atoms with Crippen molar-refractivity contribution in [3.63, 3.8) is 0 Å². The van der Waals surface area contributed by atoms with Crippen LogP contribution in [0.2, 0.25) is 0 Å². The SMILES string of the molecule is CCCCCCCCCCC(=O)Cc1ccc(N=CC(C)=Nc2ccc(CC(=O)CCCCCCCCCC)c(CC(=O)CCCCCCCCCC)c2)cc1CC(=O)CCCCCCCCCC. The summed E-state index contributed by atoms with van der Waals surface area (Å²) in [5.41, 5.74) is 5.87. The van der Waals surface area contributed by atoms with E-state index in [-0.39, 0.29) is 23.1 Å². The van der Waals surface area contributed by atoms with Crippen molar-refractivity contribution < 1.29 is 19.2 Å². The number of unbranched alkanes of at least 4 members (excludes halogenated alkanes) is 28. The first-order valence-electron chi connectivity index (χ1n) is 29.1. The smallest absolute Gasteiger partial charge is 0.137 e. The maximum Gasteiger partial charge on any atom is 0.137 e. The summed E-state index contributed by atoms with van der Waals surface area (Å²) in [6.45, 7) is 10.9. The summed E-state index contributed by atoms with van der Waals surface area (Å²) in [6.07, 6.45) is 43.8. The highest BCUT2D eigenvalue weighted by Gasteiger charge is 2.15. The predicted octanol–water partition coefficient (Wildman–Crippen LogP) is 18.8. The fourth-order valence-electron chi connectivity index (χ4n) is 9.48. The molecule has 0 atom stereocenters. The number of hydrogen-bond acceptors (Lipinski definition) is 6. The monoisotopic (exact) mass is 951 g/mol. The molecule has 0 radical (unpaired) electrons. The van der Waals surface area contributed by atoms with Crippen LogP contribution in [0.15, 0.2) is 46.4 Å². The minimum absolute atomic E-state index is 0.224. The van der Waals surface area contributed by atoms with Crippen LogP contribution in [0.25, 0.3) is 0 Å². The van der Waals surface area contributed by atoms with Gasteiger partial charge in [-0.3, -0.25) is 29.2 Å². The standard InChI is InChI=1S/C63H102N2O4/c1-6-10-14-18-22-26-30-34-38-60(66)48-54-42-44-58(46-56(54)50-62(68)40-36-32-28-24-20-16-12-8-3)64-52-53(5)65-59-45-43-55(49-61(67)39-35-31-27-23-19-15-11-7-2)57(47-59)51-63(69)41-37-33-29-25-21-17-13-9-4/h42-47,52H,6-41,48-51H2,1-5H3. The quantitative estimate of drug-likeness (QED) is 0.0488. The Hall–Kier alpha value is -3.54. The molecule has 0 bridgehead atoms. The topological polar surface area (TPSA) is 93.0 Å². The summed E-state index contributed by atoms with van der Waals surface area (Å²) in [5.74, 6) is 0.931. The van der Waals surface area contributed by atoms with Gasteiger partial charge in [0.25, 0.3) is 0 Å². The summed E-state index contributed by atoms with van der Waals surface area (Å²) in [6, 6.07) is 11.9. The molecule has 0 aliphatic rings. The third-order valence-electron chi connectivity index (χ3n) is 13.9. The number of benzene rings is 2. The summed E-state index contributed by atoms with van der Waals surface area (Å²) < 4.78 is 0. The Kier molecular flexibility index (Phi) is 37.6. The predicted molar refractivity (Wildman–Crippen MR) is 298 cm³/mol. The molecule has 0 unspecified atom stereocenters. The molecule has 0 aliphatic heterocycles. The highest BCUT2D eigenvalue weighted by molar-refractivity contribution is 6.30. The molecule has 388 valence electrons. The van der Waals surface area contributed by atoms with E-state index in [2.05, 4.69) is 27.7 Å². The summed E-state index contributed by atoms with van der Waals surface area (Å²) >= 11 is 0. The molecule has 6 nitrogen and oxygen atoms in total. The Bertz CT molecular complexity index is 1740. The summed E-state index contributed by atoms with van der Waals surface area (Å²) in [7, 11) is 0. The van der Waals surface area contributed by atoms with E-state index >= 15 is 0 Å². The zero-order chi connectivity index (χ0) is 50.0. The fraction of sp³-hybridized carbons (Fsp3) is 0.714. The van der Waals surface area contributed by atoms with Crippen molar-refractivity contribution in [3.05, 3.63) is 58.7 Å². The highest BCUT2D eigenvalue weighted by atomic mass is 16.1. The van der Waals surface area contributed by atoms with Gasteiger partial charge < -0.3 is 0 Å². The van der Waals surface area contributed by atoms with Crippen LogP contribution < -0.4 is 0 Å². The van der Waals surface area contributed by atoms with Gasteiger partial charge in [-0.25, -0.2) is 0 Å². The molecule has 0 N–H and O–H groups in total. The van der Waals surface area contributed by atoms with Crippen LogP contribution in [0.1, 0.15) is 288 Å². The number of carbonyl (C=O) groups is 4. The number of hydrogen-bond donors (Lipinski definition) is 0. The Labute approximate surface area is 424 Å². The lowest BCUT2D eigenvalue weighted by Gasteiger charge is -2.11. The average Bonchev–Trinajstić information content (AvgIpc) is 3.33. The molecule has 0 aromatic heterocycles. The number of Topliss-reactive ketones (excluding diaryl/α,β-unsaturated/α-hetero) is 4. The normalized spacial score (nSPS) is 11.8. The van der Waals surface area contributed by atoms with E-state index in [0.29, 0.717) is 57.1 Å². The molecule has 2 aromatic rings. The first kappa shape index (κ1) is 61.6. The van der Waals surface area contributed by atoms with Crippen LogP contribution in [0.3, 0.4) is 0 Å². The van der Waals surface area contributed by atoms with Crippen LogP contribution in [0.4, 0.5) is 11.4 Å². The summed E-state index contributed by atoms with van der Waals surface area (Å²) in [4.78, 5) is 62.9. The van der Waals surface area contributed by atoms with Crippen LogP contribution in [0, 0.1) is 0 Å². The van der Waals surface area contributed by atoms with Crippen molar-refractivity contribution in [3.8, 4) is 0 Å². The summed E-state index contributed by atoms with van der Waals surface area (Å²) in [5, 5.41) is 0. The van der Waals surface area contributed by atoms with Gasteiger partial charge in [-0.2, -0.15) is 0 Å². The van der Waals surface area contributed by atoms with Gasteiger partial charge >= 0.3 is 0 Å². The van der Waals surface area contributed by atoms with Crippen molar-refractivity contribution in [2.24, 2.45) is 9.98 Å². The van der Waals surface area contributed by atoms with Gasteiger partial charge in [0.05, 0.1) is 17.1 Å². The number of ketones is 4. The Morgan fingerprint density at radius 1 is 0.348 bits per heavy atom. The molecule has 2 aromatic carbocycles. The fourth-order valence-corrected chi connectivity index (χ4v) is 9.48. The molecule has 0 saturated heterocycles. The first-order chi connectivity index (χ1) is 33.7. The number of rotatable bonds is 47. The van der Waals surface area contributed by atoms with Crippen LogP contribution in [-0.2, 0) is 44.9 Å². The molecule has 0 heterocycles. The molecule has 0 saturated carbocycles. The van der Waals surface area contributed by atoms with Gasteiger partial charge in [0.1, 0.15) is 23.1 Å². The van der Waals surface area contributed by atoms with Gasteiger partial charge in [-0.1, -0.05) is 220 Å². The van der Waals surface area contributed by atoms with Crippen molar-refractivity contribution in [1.29, 1.82) is 0 Å². The lowest BCUT2D eigenvalue weighted by Crippen LogP contribution is -2.09. The lowest BCUT2D eigenvalue weighted by atomic mass is 9.94. The van der Waals surface area contributed by atoms with Crippen molar-refractivity contribution in [2.75, 3.05) is 0 Å². The highest BCUT2D eigenvalue weighted by Crippen LogP contribution is 2.25. The van der Waals surface area contributed by atoms with Crippen LogP contribution in [0.5, 0.6) is 0 Å². The third kappa shape index (κ3) is 32.9. The zero-order valence-corrected chi connectivity index (χ0v) is 45.4. The number of carbonyl (C=O) groups excluding carboxylic acids is 4. The number of nitrogens with zero attached hydrogens (tertiary/aromatic N) is 2. The zero-order valence-electron chi connectivity index (χ0n) is 45.4. The second-order valence-electron chi connectivity index (χ2n) is 20.7. The molecule has 0 spiro atoms. The van der Waals surface area contributed by atoms with Gasteiger partial charge in [-0.15, -0.1) is 0 Å². The van der Waals surface area contributed by atoms with E-state index in [0.717, 1.165) is 85.0 Å². The molecular formula is C63H102N2O4. The minimum atomic E-state index is 0.224. The van der Waals surface area contributed by atoms with Crippen molar-refractivity contribution >= 4 is 46.4 Å². The van der Waals surface area contributed by atoms with Crippen LogP contribution in [-0.4, -0.2) is 35.1 Å². The molecule has 0 aliphatic carbocycles. The Morgan fingerprint density at radius 2 is 0.609 bits per heavy atom.